The van der Waals surface area contributed by atoms with E-state index in [9.17, 15) is 32.4 Å². The fraction of sp³-hybridized carbons (Fsp3) is 0.576. The maximum absolute atomic E-state index is 13.1. The Balaban J connectivity index is 1.69. The number of carbonyl (C=O) groups excluding carboxylic acids is 5. The van der Waals surface area contributed by atoms with Crippen molar-refractivity contribution in [3.63, 3.8) is 0 Å². The zero-order valence-electron chi connectivity index (χ0n) is 29.5. The van der Waals surface area contributed by atoms with Gasteiger partial charge >= 0.3 is 6.03 Å². The summed E-state index contributed by atoms with van der Waals surface area (Å²) in [6.45, 7) is 8.94. The van der Waals surface area contributed by atoms with Crippen LogP contribution in [0.15, 0.2) is 35.5 Å². The lowest BCUT2D eigenvalue weighted by molar-refractivity contribution is -0.136. The highest BCUT2D eigenvalue weighted by Crippen LogP contribution is 2.24. The lowest BCUT2D eigenvalue weighted by Crippen LogP contribution is -2.55. The Labute approximate surface area is 292 Å². The summed E-state index contributed by atoms with van der Waals surface area (Å²) >= 11 is 0. The van der Waals surface area contributed by atoms with E-state index in [1.54, 1.807) is 58.9 Å². The zero-order chi connectivity index (χ0) is 37.5. The molecular weight excluding hydrogens is 672 g/mol. The quantitative estimate of drug-likeness (QED) is 0.115. The van der Waals surface area contributed by atoms with Gasteiger partial charge in [-0.25, -0.2) is 18.2 Å². The number of carbonyl (C=O) groups is 5. The Morgan fingerprint density at radius 3 is 2.10 bits per heavy atom. The molecule has 1 heterocycles. The number of ether oxygens (including phenoxy) is 3. The molecule has 2 atom stereocenters. The number of hydrogen-bond acceptors (Lipinski definition) is 11. The topological polar surface area (TPSA) is 234 Å². The molecule has 0 saturated heterocycles. The van der Waals surface area contributed by atoms with Gasteiger partial charge in [-0.1, -0.05) is 40.7 Å². The molecule has 0 bridgehead atoms. The first-order valence-electron chi connectivity index (χ1n) is 16.2. The maximum atomic E-state index is 13.1. The average Bonchev–Trinajstić information content (AvgIpc) is 3.02. The van der Waals surface area contributed by atoms with Crippen LogP contribution in [0.5, 0.6) is 0 Å². The van der Waals surface area contributed by atoms with Gasteiger partial charge in [0.05, 0.1) is 32.5 Å². The second-order valence-electron chi connectivity index (χ2n) is 13.0. The Morgan fingerprint density at radius 1 is 0.900 bits per heavy atom. The van der Waals surface area contributed by atoms with E-state index in [-0.39, 0.29) is 69.3 Å². The number of Topliss-reactive ketones (excluding diaryl/α,β-unsaturated/α-hetero) is 1. The van der Waals surface area contributed by atoms with E-state index in [1.807, 2.05) is 0 Å². The molecule has 0 fully saturated rings. The van der Waals surface area contributed by atoms with E-state index in [2.05, 4.69) is 26.3 Å². The standard InChI is InChI=1S/C33H50N6O10S/c1-21(2)28(30(43)38-25(29(42)33(3,4)5)8-7-12-36-32(34)44)39-27(41)20-49-17-15-47-14-16-48-19-26(40)37-23-10-9-22-11-13-35-31(24(22)18-23)50(6,45)46/h9-11,13,18,21,25,28H,7-8,12,14-17,19-20H2,1-6H3,(H,37,40)(H,38,43)(H,39,41)(H3,34,36,44)/t25-,28-/m0/s1. The van der Waals surface area contributed by atoms with Gasteiger partial charge in [0.15, 0.2) is 20.6 Å². The highest BCUT2D eigenvalue weighted by molar-refractivity contribution is 7.90. The average molecular weight is 723 g/mol. The van der Waals surface area contributed by atoms with Crippen LogP contribution in [0.3, 0.4) is 0 Å². The number of nitrogens with one attached hydrogen (secondary N) is 4. The smallest absolute Gasteiger partial charge is 0.312 e. The zero-order valence-corrected chi connectivity index (χ0v) is 30.3. The molecule has 0 radical (unpaired) electrons. The van der Waals surface area contributed by atoms with Crippen molar-refractivity contribution in [2.24, 2.45) is 17.1 Å². The number of primary amides is 1. The number of nitrogens with zero attached hydrogens (tertiary/aromatic N) is 1. The molecule has 2 rings (SSSR count). The summed E-state index contributed by atoms with van der Waals surface area (Å²) in [5, 5.41) is 11.5. The molecule has 0 aliphatic rings. The Kier molecular flexibility index (Phi) is 16.7. The highest BCUT2D eigenvalue weighted by Gasteiger charge is 2.33. The second kappa shape index (κ2) is 19.9. The van der Waals surface area contributed by atoms with Crippen molar-refractivity contribution in [1.29, 1.82) is 0 Å². The number of rotatable bonds is 21. The largest absolute Gasteiger partial charge is 0.377 e. The monoisotopic (exact) mass is 722 g/mol. The summed E-state index contributed by atoms with van der Waals surface area (Å²) in [6.07, 6.45) is 3.17. The summed E-state index contributed by atoms with van der Waals surface area (Å²) in [4.78, 5) is 65.9. The Bertz CT molecular complexity index is 1590. The van der Waals surface area contributed by atoms with Crippen LogP contribution in [-0.4, -0.2) is 107 Å². The van der Waals surface area contributed by atoms with E-state index < -0.39 is 51.1 Å². The van der Waals surface area contributed by atoms with E-state index in [1.165, 1.54) is 6.20 Å². The number of aromatic nitrogens is 1. The Morgan fingerprint density at radius 2 is 1.52 bits per heavy atom. The summed E-state index contributed by atoms with van der Waals surface area (Å²) in [7, 11) is -3.56. The fourth-order valence-electron chi connectivity index (χ4n) is 4.70. The molecule has 1 aromatic carbocycles. The van der Waals surface area contributed by atoms with Crippen molar-refractivity contribution >= 4 is 55.8 Å². The minimum absolute atomic E-state index is 0.0734. The van der Waals surface area contributed by atoms with Crippen molar-refractivity contribution in [2.75, 3.05) is 57.8 Å². The third kappa shape index (κ3) is 14.7. The molecule has 0 aliphatic carbocycles. The lowest BCUT2D eigenvalue weighted by Gasteiger charge is -2.28. The summed E-state index contributed by atoms with van der Waals surface area (Å²) in [6, 6.07) is 4.14. The molecule has 2 aromatic rings. The Hall–Kier alpha value is -4.19. The van der Waals surface area contributed by atoms with Gasteiger partial charge in [-0.15, -0.1) is 0 Å². The fourth-order valence-corrected chi connectivity index (χ4v) is 5.53. The number of fused-ring (bicyclic) bond motifs is 1. The van der Waals surface area contributed by atoms with Crippen LogP contribution in [0.4, 0.5) is 10.5 Å². The first kappa shape index (κ1) is 42.0. The van der Waals surface area contributed by atoms with Crippen molar-refractivity contribution in [2.45, 2.75) is 64.6 Å². The van der Waals surface area contributed by atoms with Crippen LogP contribution in [0.1, 0.15) is 47.5 Å². The van der Waals surface area contributed by atoms with Gasteiger partial charge in [0.2, 0.25) is 17.7 Å². The molecule has 17 heteroatoms. The summed E-state index contributed by atoms with van der Waals surface area (Å²) < 4.78 is 40.2. The molecule has 1 aromatic heterocycles. The summed E-state index contributed by atoms with van der Waals surface area (Å²) in [5.41, 5.74) is 4.76. The number of urea groups is 1. The number of sulfone groups is 1. The minimum Gasteiger partial charge on any atom is -0.377 e. The number of anilines is 1. The first-order valence-corrected chi connectivity index (χ1v) is 18.1. The van der Waals surface area contributed by atoms with E-state index in [0.29, 0.717) is 22.9 Å². The van der Waals surface area contributed by atoms with Gasteiger partial charge in [0.1, 0.15) is 19.3 Å². The predicted octanol–water partition coefficient (Wildman–Crippen LogP) is 1.32. The molecule has 16 nitrogen and oxygen atoms in total. The van der Waals surface area contributed by atoms with Gasteiger partial charge in [-0.05, 0) is 42.3 Å². The van der Waals surface area contributed by atoms with Gasteiger partial charge in [0, 0.05) is 35.5 Å². The van der Waals surface area contributed by atoms with Crippen molar-refractivity contribution in [1.82, 2.24) is 20.9 Å². The normalized spacial score (nSPS) is 13.0. The molecule has 5 amide bonds. The highest BCUT2D eigenvalue weighted by atomic mass is 32.2. The number of hydrogen-bond donors (Lipinski definition) is 5. The maximum Gasteiger partial charge on any atom is 0.312 e. The number of benzene rings is 1. The lowest BCUT2D eigenvalue weighted by atomic mass is 9.84. The third-order valence-electron chi connectivity index (χ3n) is 7.18. The van der Waals surface area contributed by atoms with Gasteiger partial charge in [0.25, 0.3) is 0 Å². The van der Waals surface area contributed by atoms with Gasteiger partial charge in [-0.3, -0.25) is 19.2 Å². The number of ketones is 1. The molecule has 0 spiro atoms. The van der Waals surface area contributed by atoms with E-state index in [4.69, 9.17) is 19.9 Å². The van der Waals surface area contributed by atoms with Crippen LogP contribution in [0.2, 0.25) is 0 Å². The number of nitrogens with two attached hydrogens (primary N) is 1. The molecule has 0 saturated carbocycles. The molecule has 0 aliphatic heterocycles. The second-order valence-corrected chi connectivity index (χ2v) is 14.9. The van der Waals surface area contributed by atoms with Crippen LogP contribution < -0.4 is 27.0 Å². The predicted molar refractivity (Wildman–Crippen MR) is 186 cm³/mol. The van der Waals surface area contributed by atoms with E-state index in [0.717, 1.165) is 6.26 Å². The number of pyridine rings is 1. The summed E-state index contributed by atoms with van der Waals surface area (Å²) in [5.74, 6) is -1.93. The molecular formula is C33H50N6O10S. The van der Waals surface area contributed by atoms with Crippen molar-refractivity contribution in [3.05, 3.63) is 30.5 Å². The van der Waals surface area contributed by atoms with Crippen LogP contribution in [0.25, 0.3) is 10.8 Å². The van der Waals surface area contributed by atoms with Crippen molar-refractivity contribution < 1.29 is 46.6 Å². The van der Waals surface area contributed by atoms with Gasteiger partial charge < -0.3 is 41.2 Å². The SMILES string of the molecule is CC(C)[C@H](NC(=O)COCCOCCOCC(=O)Nc1ccc2ccnc(S(C)(=O)=O)c2c1)C(=O)N[C@@H](CCCNC(N)=O)C(=O)C(C)(C)C. The molecule has 6 N–H and O–H groups in total. The van der Waals surface area contributed by atoms with E-state index >= 15 is 0 Å². The van der Waals surface area contributed by atoms with Crippen molar-refractivity contribution in [3.8, 4) is 0 Å². The minimum atomic E-state index is -3.56. The van der Waals surface area contributed by atoms with Crippen LogP contribution >= 0.6 is 0 Å². The molecule has 50 heavy (non-hydrogen) atoms. The van der Waals surface area contributed by atoms with Crippen LogP contribution in [0, 0.1) is 11.3 Å². The number of amides is 5. The van der Waals surface area contributed by atoms with Crippen LogP contribution in [-0.2, 0) is 43.2 Å². The van der Waals surface area contributed by atoms with Gasteiger partial charge in [-0.2, -0.15) is 0 Å². The molecule has 0 unspecified atom stereocenters. The first-order chi connectivity index (χ1) is 23.4. The molecule has 278 valence electrons. The third-order valence-corrected chi connectivity index (χ3v) is 8.21.